The minimum absolute atomic E-state index is 0.129. The van der Waals surface area contributed by atoms with Crippen molar-refractivity contribution in [3.8, 4) is 0 Å². The topological polar surface area (TPSA) is 60.9 Å². The smallest absolute Gasteiger partial charge is 0.260 e. The van der Waals surface area contributed by atoms with Gasteiger partial charge < -0.3 is 9.80 Å². The summed E-state index contributed by atoms with van der Waals surface area (Å²) in [6.07, 6.45) is 3.31. The molecule has 0 bridgehead atoms. The predicted octanol–water partition coefficient (Wildman–Crippen LogP) is 3.51. The van der Waals surface area contributed by atoms with Crippen LogP contribution in [0.3, 0.4) is 0 Å². The Bertz CT molecular complexity index is 979. The lowest BCUT2D eigenvalue weighted by Gasteiger charge is -2.31. The van der Waals surface area contributed by atoms with Crippen LogP contribution in [0, 0.1) is 6.92 Å². The Hall–Kier alpha value is -2.38. The van der Waals surface area contributed by atoms with Crippen LogP contribution in [-0.2, 0) is 10.0 Å². The molecule has 7 heteroatoms. The van der Waals surface area contributed by atoms with Crippen molar-refractivity contribution in [2.45, 2.75) is 31.1 Å². The molecule has 1 heterocycles. The van der Waals surface area contributed by atoms with Crippen LogP contribution in [0.1, 0.15) is 35.2 Å². The largest absolute Gasteiger partial charge is 0.371 e. The maximum absolute atomic E-state index is 13.4. The monoisotopic (exact) mass is 415 g/mol. The number of hydrogen-bond acceptors (Lipinski definition) is 4. The highest BCUT2D eigenvalue weighted by Crippen LogP contribution is 2.30. The van der Waals surface area contributed by atoms with Gasteiger partial charge in [0.15, 0.2) is 0 Å². The SMILES string of the molecule is Cc1ccc(N(C)C(=O)c2cc(S(=O)(=O)N(C)C)ccc2N2CCCCC2)cc1. The van der Waals surface area contributed by atoms with E-state index in [4.69, 9.17) is 0 Å². The Morgan fingerprint density at radius 3 is 2.14 bits per heavy atom. The summed E-state index contributed by atoms with van der Waals surface area (Å²) < 4.78 is 26.5. The first-order valence-corrected chi connectivity index (χ1v) is 11.3. The number of sulfonamides is 1. The van der Waals surface area contributed by atoms with Gasteiger partial charge in [-0.3, -0.25) is 4.79 Å². The number of nitrogens with zero attached hydrogens (tertiary/aromatic N) is 3. The molecule has 0 saturated carbocycles. The Morgan fingerprint density at radius 2 is 1.55 bits per heavy atom. The second kappa shape index (κ2) is 8.55. The zero-order valence-corrected chi connectivity index (χ0v) is 18.4. The maximum atomic E-state index is 13.4. The quantitative estimate of drug-likeness (QED) is 0.750. The number of carbonyl (C=O) groups is 1. The highest BCUT2D eigenvalue weighted by atomic mass is 32.2. The molecule has 0 N–H and O–H groups in total. The molecule has 29 heavy (non-hydrogen) atoms. The fraction of sp³-hybridized carbons (Fsp3) is 0.409. The molecule has 1 aliphatic rings. The van der Waals surface area contributed by atoms with Crippen LogP contribution in [0.2, 0.25) is 0 Å². The second-order valence-electron chi connectivity index (χ2n) is 7.71. The van der Waals surface area contributed by atoms with Gasteiger partial charge in [0.25, 0.3) is 5.91 Å². The summed E-state index contributed by atoms with van der Waals surface area (Å²) in [6, 6.07) is 12.6. The van der Waals surface area contributed by atoms with E-state index in [1.165, 1.54) is 30.9 Å². The molecule has 1 amide bonds. The zero-order valence-electron chi connectivity index (χ0n) is 17.6. The molecule has 0 spiro atoms. The lowest BCUT2D eigenvalue weighted by atomic mass is 10.1. The van der Waals surface area contributed by atoms with Crippen LogP contribution in [0.5, 0.6) is 0 Å². The molecular weight excluding hydrogens is 386 g/mol. The first-order valence-electron chi connectivity index (χ1n) is 9.88. The summed E-state index contributed by atoms with van der Waals surface area (Å²) in [5.74, 6) is -0.217. The van der Waals surface area contributed by atoms with E-state index in [-0.39, 0.29) is 10.8 Å². The van der Waals surface area contributed by atoms with Crippen molar-refractivity contribution < 1.29 is 13.2 Å². The Kier molecular flexibility index (Phi) is 6.29. The van der Waals surface area contributed by atoms with Crippen LogP contribution in [0.15, 0.2) is 47.4 Å². The van der Waals surface area contributed by atoms with Crippen LogP contribution >= 0.6 is 0 Å². The summed E-state index contributed by atoms with van der Waals surface area (Å²) in [5.41, 5.74) is 3.10. The molecule has 0 radical (unpaired) electrons. The van der Waals surface area contributed by atoms with Crippen LogP contribution in [-0.4, -0.2) is 52.9 Å². The van der Waals surface area contributed by atoms with Gasteiger partial charge in [-0.1, -0.05) is 17.7 Å². The van der Waals surface area contributed by atoms with Gasteiger partial charge in [0.05, 0.1) is 10.5 Å². The minimum atomic E-state index is -3.63. The second-order valence-corrected chi connectivity index (χ2v) is 9.87. The number of aryl methyl sites for hydroxylation is 1. The Labute approximate surface area is 173 Å². The van der Waals surface area contributed by atoms with E-state index in [2.05, 4.69) is 4.90 Å². The lowest BCUT2D eigenvalue weighted by Crippen LogP contribution is -2.34. The van der Waals surface area contributed by atoms with Crippen LogP contribution in [0.4, 0.5) is 11.4 Å². The third-order valence-electron chi connectivity index (χ3n) is 5.40. The molecule has 3 rings (SSSR count). The van der Waals surface area contributed by atoms with Gasteiger partial charge >= 0.3 is 0 Å². The molecule has 0 aliphatic carbocycles. The average molecular weight is 416 g/mol. The minimum Gasteiger partial charge on any atom is -0.371 e. The van der Waals surface area contributed by atoms with Gasteiger partial charge in [-0.2, -0.15) is 0 Å². The summed E-state index contributed by atoms with van der Waals surface area (Å²) in [6.45, 7) is 3.73. The van der Waals surface area contributed by atoms with E-state index in [1.54, 1.807) is 24.1 Å². The van der Waals surface area contributed by atoms with Crippen molar-refractivity contribution in [3.63, 3.8) is 0 Å². The molecule has 0 atom stereocenters. The number of anilines is 2. The molecule has 2 aromatic rings. The number of carbonyl (C=O) groups excluding carboxylic acids is 1. The number of hydrogen-bond donors (Lipinski definition) is 0. The molecule has 0 aromatic heterocycles. The summed E-state index contributed by atoms with van der Waals surface area (Å²) >= 11 is 0. The Morgan fingerprint density at radius 1 is 0.931 bits per heavy atom. The summed E-state index contributed by atoms with van der Waals surface area (Å²) in [5, 5.41) is 0. The highest BCUT2D eigenvalue weighted by Gasteiger charge is 2.26. The fourth-order valence-electron chi connectivity index (χ4n) is 3.53. The zero-order chi connectivity index (χ0) is 21.2. The molecule has 1 aliphatic heterocycles. The summed E-state index contributed by atoms with van der Waals surface area (Å²) in [4.78, 5) is 17.3. The first-order chi connectivity index (χ1) is 13.7. The average Bonchev–Trinajstić information content (AvgIpc) is 2.73. The molecular formula is C22H29N3O3S. The van der Waals surface area contributed by atoms with Crippen molar-refractivity contribution in [2.75, 3.05) is 44.0 Å². The van der Waals surface area contributed by atoms with Crippen LogP contribution in [0.25, 0.3) is 0 Å². The van der Waals surface area contributed by atoms with E-state index < -0.39 is 10.0 Å². The molecule has 2 aromatic carbocycles. The van der Waals surface area contributed by atoms with Crippen molar-refractivity contribution in [1.82, 2.24) is 4.31 Å². The molecule has 156 valence electrons. The van der Waals surface area contributed by atoms with Gasteiger partial charge in [0.2, 0.25) is 10.0 Å². The standard InChI is InChI=1S/C22H29N3O3S/c1-17-8-10-18(11-9-17)24(4)22(26)20-16-19(29(27,28)23(2)3)12-13-21(20)25-14-6-5-7-15-25/h8-13,16H,5-7,14-15H2,1-4H3. The predicted molar refractivity (Wildman–Crippen MR) is 117 cm³/mol. The first kappa shape index (κ1) is 21.3. The van der Waals surface area contributed by atoms with Gasteiger partial charge in [-0.25, -0.2) is 12.7 Å². The normalized spacial score (nSPS) is 14.9. The van der Waals surface area contributed by atoms with Crippen molar-refractivity contribution in [2.24, 2.45) is 0 Å². The van der Waals surface area contributed by atoms with E-state index in [0.29, 0.717) is 5.56 Å². The molecule has 0 unspecified atom stereocenters. The van der Waals surface area contributed by atoms with E-state index in [0.717, 1.165) is 42.9 Å². The molecule has 1 fully saturated rings. The van der Waals surface area contributed by atoms with E-state index in [9.17, 15) is 13.2 Å². The third-order valence-corrected chi connectivity index (χ3v) is 7.21. The molecule has 6 nitrogen and oxygen atoms in total. The third kappa shape index (κ3) is 4.46. The van der Waals surface area contributed by atoms with E-state index in [1.807, 2.05) is 31.2 Å². The van der Waals surface area contributed by atoms with Gasteiger partial charge in [-0.15, -0.1) is 0 Å². The maximum Gasteiger partial charge on any atom is 0.260 e. The number of piperidine rings is 1. The van der Waals surface area contributed by atoms with Crippen molar-refractivity contribution in [1.29, 1.82) is 0 Å². The lowest BCUT2D eigenvalue weighted by molar-refractivity contribution is 0.0993. The van der Waals surface area contributed by atoms with Crippen molar-refractivity contribution in [3.05, 3.63) is 53.6 Å². The number of benzene rings is 2. The van der Waals surface area contributed by atoms with Gasteiger partial charge in [0.1, 0.15) is 0 Å². The number of rotatable bonds is 5. The molecule has 1 saturated heterocycles. The highest BCUT2D eigenvalue weighted by molar-refractivity contribution is 7.89. The van der Waals surface area contributed by atoms with Gasteiger partial charge in [0, 0.05) is 45.6 Å². The number of amides is 1. The van der Waals surface area contributed by atoms with Crippen LogP contribution < -0.4 is 9.80 Å². The fourth-order valence-corrected chi connectivity index (χ4v) is 4.46. The van der Waals surface area contributed by atoms with Crippen molar-refractivity contribution >= 4 is 27.3 Å². The van der Waals surface area contributed by atoms with E-state index >= 15 is 0 Å². The summed E-state index contributed by atoms with van der Waals surface area (Å²) in [7, 11) is 1.08. The van der Waals surface area contributed by atoms with Gasteiger partial charge in [-0.05, 0) is 56.5 Å². The Balaban J connectivity index is 2.06.